The van der Waals surface area contributed by atoms with Gasteiger partial charge in [0.15, 0.2) is 0 Å². The van der Waals surface area contributed by atoms with Gasteiger partial charge in [-0.2, -0.15) is 0 Å². The summed E-state index contributed by atoms with van der Waals surface area (Å²) in [5.41, 5.74) is 0.868. The molecule has 0 saturated heterocycles. The lowest BCUT2D eigenvalue weighted by molar-refractivity contribution is 0.340. The molecule has 0 N–H and O–H groups in total. The monoisotopic (exact) mass is 398 g/mol. The van der Waals surface area contributed by atoms with Crippen molar-refractivity contribution in [2.45, 2.75) is 11.8 Å². The minimum absolute atomic E-state index is 0.140. The standard InChI is InChI=1S/C17H22N2O5S2/c1-5-24-16-10-12-17(13-11-16)26(22,23)19(3)15-8-6-14(7-9-15)18(2)25(4,20)21/h6-13H,5H2,1-4H3. The van der Waals surface area contributed by atoms with Crippen LogP contribution in [-0.2, 0) is 20.0 Å². The van der Waals surface area contributed by atoms with E-state index in [0.29, 0.717) is 23.7 Å². The van der Waals surface area contributed by atoms with Crippen LogP contribution in [-0.4, -0.2) is 43.8 Å². The van der Waals surface area contributed by atoms with E-state index in [1.54, 1.807) is 36.4 Å². The highest BCUT2D eigenvalue weighted by molar-refractivity contribution is 7.92. The molecule has 0 aromatic heterocycles. The lowest BCUT2D eigenvalue weighted by Crippen LogP contribution is -2.27. The molecule has 0 unspecified atom stereocenters. The van der Waals surface area contributed by atoms with Crippen LogP contribution in [0.3, 0.4) is 0 Å². The van der Waals surface area contributed by atoms with E-state index in [1.165, 1.54) is 26.2 Å². The molecule has 0 radical (unpaired) electrons. The first kappa shape index (κ1) is 20.1. The fraction of sp³-hybridized carbons (Fsp3) is 0.294. The number of benzene rings is 2. The van der Waals surface area contributed by atoms with E-state index >= 15 is 0 Å². The maximum absolute atomic E-state index is 12.8. The van der Waals surface area contributed by atoms with Crippen molar-refractivity contribution in [3.05, 3.63) is 48.5 Å². The van der Waals surface area contributed by atoms with Crippen molar-refractivity contribution in [1.82, 2.24) is 0 Å². The first-order valence-electron chi connectivity index (χ1n) is 7.83. The molecule has 9 heteroatoms. The molecule has 0 aliphatic heterocycles. The minimum Gasteiger partial charge on any atom is -0.494 e. The Morgan fingerprint density at radius 3 is 1.69 bits per heavy atom. The van der Waals surface area contributed by atoms with Crippen LogP contribution in [0, 0.1) is 0 Å². The van der Waals surface area contributed by atoms with Gasteiger partial charge < -0.3 is 4.74 Å². The third-order valence-electron chi connectivity index (χ3n) is 3.87. The van der Waals surface area contributed by atoms with Crippen molar-refractivity contribution in [3.63, 3.8) is 0 Å². The fourth-order valence-electron chi connectivity index (χ4n) is 2.24. The van der Waals surface area contributed by atoms with Crippen molar-refractivity contribution in [3.8, 4) is 5.75 Å². The number of sulfonamides is 2. The number of hydrogen-bond donors (Lipinski definition) is 0. The lowest BCUT2D eigenvalue weighted by Gasteiger charge is -2.21. The van der Waals surface area contributed by atoms with Gasteiger partial charge >= 0.3 is 0 Å². The zero-order valence-corrected chi connectivity index (χ0v) is 16.7. The largest absolute Gasteiger partial charge is 0.494 e. The predicted molar refractivity (Wildman–Crippen MR) is 103 cm³/mol. The molecule has 0 atom stereocenters. The topological polar surface area (TPSA) is 84.0 Å². The summed E-state index contributed by atoms with van der Waals surface area (Å²) in [6, 6.07) is 12.4. The molecule has 142 valence electrons. The number of hydrogen-bond acceptors (Lipinski definition) is 5. The number of ether oxygens (including phenoxy) is 1. The average molecular weight is 399 g/mol. The molecule has 2 rings (SSSR count). The zero-order valence-electron chi connectivity index (χ0n) is 15.1. The van der Waals surface area contributed by atoms with E-state index < -0.39 is 20.0 Å². The van der Waals surface area contributed by atoms with Crippen LogP contribution in [0.25, 0.3) is 0 Å². The van der Waals surface area contributed by atoms with Crippen LogP contribution >= 0.6 is 0 Å². The molecule has 0 aliphatic rings. The summed E-state index contributed by atoms with van der Waals surface area (Å²) < 4.78 is 56.3. The van der Waals surface area contributed by atoms with Crippen LogP contribution in [0.5, 0.6) is 5.75 Å². The van der Waals surface area contributed by atoms with Crippen LogP contribution in [0.2, 0.25) is 0 Å². The number of rotatable bonds is 7. The Morgan fingerprint density at radius 2 is 1.27 bits per heavy atom. The maximum Gasteiger partial charge on any atom is 0.264 e. The van der Waals surface area contributed by atoms with Gasteiger partial charge in [0.05, 0.1) is 29.1 Å². The van der Waals surface area contributed by atoms with Crippen molar-refractivity contribution >= 4 is 31.4 Å². The summed E-state index contributed by atoms with van der Waals surface area (Å²) in [6.45, 7) is 2.35. The molecule has 0 aliphatic carbocycles. The van der Waals surface area contributed by atoms with Gasteiger partial charge in [-0.1, -0.05) is 0 Å². The van der Waals surface area contributed by atoms with Gasteiger partial charge in [0.2, 0.25) is 10.0 Å². The molecule has 0 heterocycles. The summed E-state index contributed by atoms with van der Waals surface area (Å²) in [7, 11) is -4.24. The highest BCUT2D eigenvalue weighted by atomic mass is 32.2. The molecule has 2 aromatic carbocycles. The van der Waals surface area contributed by atoms with Crippen molar-refractivity contribution in [2.24, 2.45) is 0 Å². The Balaban J connectivity index is 2.28. The molecule has 0 fully saturated rings. The Hall–Kier alpha value is -2.26. The Kier molecular flexibility index (Phi) is 5.82. The van der Waals surface area contributed by atoms with Gasteiger partial charge in [-0.05, 0) is 55.5 Å². The third-order valence-corrected chi connectivity index (χ3v) is 6.87. The molecule has 0 saturated carbocycles. The predicted octanol–water partition coefficient (Wildman–Crippen LogP) is 2.31. The SMILES string of the molecule is CCOc1ccc(S(=O)(=O)N(C)c2ccc(N(C)S(C)(=O)=O)cc2)cc1. The van der Waals surface area contributed by atoms with Crippen LogP contribution < -0.4 is 13.3 Å². The lowest BCUT2D eigenvalue weighted by atomic mass is 10.3. The normalized spacial score (nSPS) is 11.8. The molecule has 0 amide bonds. The minimum atomic E-state index is -3.74. The van der Waals surface area contributed by atoms with E-state index in [-0.39, 0.29) is 4.90 Å². The summed E-state index contributed by atoms with van der Waals surface area (Å²) in [5.74, 6) is 0.599. The summed E-state index contributed by atoms with van der Waals surface area (Å²) in [4.78, 5) is 0.140. The fourth-order valence-corrected chi connectivity index (χ4v) is 3.94. The second kappa shape index (κ2) is 7.55. The van der Waals surface area contributed by atoms with Gasteiger partial charge in [0.25, 0.3) is 10.0 Å². The molecule has 7 nitrogen and oxygen atoms in total. The van der Waals surface area contributed by atoms with E-state index in [0.717, 1.165) is 14.9 Å². The molecular formula is C17H22N2O5S2. The van der Waals surface area contributed by atoms with Crippen molar-refractivity contribution in [1.29, 1.82) is 0 Å². The van der Waals surface area contributed by atoms with E-state index in [4.69, 9.17) is 4.74 Å². The highest BCUT2D eigenvalue weighted by Crippen LogP contribution is 2.26. The quantitative estimate of drug-likeness (QED) is 0.715. The van der Waals surface area contributed by atoms with Gasteiger partial charge in [0, 0.05) is 14.1 Å². The third kappa shape index (κ3) is 4.28. The molecule has 0 spiro atoms. The van der Waals surface area contributed by atoms with Crippen molar-refractivity contribution in [2.75, 3.05) is 35.6 Å². The molecule has 0 bridgehead atoms. The summed E-state index contributed by atoms with van der Waals surface area (Å²) >= 11 is 0. The second-order valence-electron chi connectivity index (χ2n) is 5.62. The summed E-state index contributed by atoms with van der Waals surface area (Å²) in [5, 5.41) is 0. The Labute approximate surface area is 154 Å². The van der Waals surface area contributed by atoms with E-state index in [2.05, 4.69) is 0 Å². The van der Waals surface area contributed by atoms with Gasteiger partial charge in [-0.15, -0.1) is 0 Å². The Morgan fingerprint density at radius 1 is 0.808 bits per heavy atom. The molecule has 26 heavy (non-hydrogen) atoms. The van der Waals surface area contributed by atoms with E-state index in [9.17, 15) is 16.8 Å². The second-order valence-corrected chi connectivity index (χ2v) is 9.61. The van der Waals surface area contributed by atoms with Gasteiger partial charge in [-0.25, -0.2) is 16.8 Å². The van der Waals surface area contributed by atoms with Crippen LogP contribution in [0.15, 0.2) is 53.4 Å². The van der Waals surface area contributed by atoms with Gasteiger partial charge in [-0.3, -0.25) is 8.61 Å². The average Bonchev–Trinajstić information content (AvgIpc) is 2.60. The molecular weight excluding hydrogens is 376 g/mol. The number of anilines is 2. The maximum atomic E-state index is 12.8. The first-order chi connectivity index (χ1) is 12.1. The van der Waals surface area contributed by atoms with Crippen molar-refractivity contribution < 1.29 is 21.6 Å². The van der Waals surface area contributed by atoms with Crippen LogP contribution in [0.1, 0.15) is 6.92 Å². The zero-order chi connectivity index (χ0) is 19.5. The molecule has 2 aromatic rings. The van der Waals surface area contributed by atoms with Gasteiger partial charge in [0.1, 0.15) is 5.75 Å². The Bertz CT molecular complexity index is 953. The number of nitrogens with zero attached hydrogens (tertiary/aromatic N) is 2. The smallest absolute Gasteiger partial charge is 0.264 e. The highest BCUT2D eigenvalue weighted by Gasteiger charge is 2.22. The van der Waals surface area contributed by atoms with Crippen LogP contribution in [0.4, 0.5) is 11.4 Å². The van der Waals surface area contributed by atoms with E-state index in [1.807, 2.05) is 6.92 Å². The first-order valence-corrected chi connectivity index (χ1v) is 11.1. The summed E-state index contributed by atoms with van der Waals surface area (Å²) in [6.07, 6.45) is 1.10.